The van der Waals surface area contributed by atoms with Crippen LogP contribution in [0.1, 0.15) is 99.8 Å². The molecule has 0 aromatic carbocycles. The minimum atomic E-state index is -2.02. The molecule has 0 spiro atoms. The Bertz CT molecular complexity index is 2130. The minimum Gasteiger partial charge on any atom is -0.396 e. The van der Waals surface area contributed by atoms with E-state index in [-0.39, 0.29) is 35.9 Å². The number of rotatable bonds is 13. The van der Waals surface area contributed by atoms with E-state index in [4.69, 9.17) is 37.9 Å². The molecular weight excluding hydrogens is 1020 g/mol. The van der Waals surface area contributed by atoms with Crippen LogP contribution in [-0.4, -0.2) is 245 Å². The van der Waals surface area contributed by atoms with Crippen molar-refractivity contribution in [1.29, 1.82) is 0 Å². The molecule has 77 heavy (non-hydrogen) atoms. The first-order valence-corrected chi connectivity index (χ1v) is 27.7. The average molecular weight is 1110 g/mol. The SMILES string of the molecule is CC1OC(OC2CCC3(C)C(CCC4(C)C3C=CC3=C5CC(C)(C)CCC5(CO)C(O)CC34C)C2(C)CO)C(OC2OC(CO)C(O)C(O)C2O)C(OC2OC(COC3OC(CO)C(O)C(O)C3O)C(O)C(O)C2O)C1O. The Kier molecular flexibility index (Phi) is 17.2. The fourth-order valence-electron chi connectivity index (χ4n) is 15.9. The second-order valence-electron chi connectivity index (χ2n) is 25.9. The van der Waals surface area contributed by atoms with Crippen molar-refractivity contribution in [3.63, 3.8) is 0 Å². The molecule has 4 saturated heterocycles. The normalized spacial score (nSPS) is 54.7. The fourth-order valence-corrected chi connectivity index (χ4v) is 15.9. The highest BCUT2D eigenvalue weighted by Crippen LogP contribution is 2.74. The molecule has 29 unspecified atom stereocenters. The van der Waals surface area contributed by atoms with Crippen molar-refractivity contribution in [1.82, 2.24) is 0 Å². The molecule has 9 aliphatic rings. The van der Waals surface area contributed by atoms with Gasteiger partial charge in [-0.2, -0.15) is 0 Å². The average Bonchev–Trinajstić information content (AvgIpc) is 3.53. The molecule has 15 N–H and O–H groups in total. The van der Waals surface area contributed by atoms with Crippen molar-refractivity contribution in [2.24, 2.45) is 44.3 Å². The Labute approximate surface area is 448 Å². The van der Waals surface area contributed by atoms with Crippen molar-refractivity contribution in [2.75, 3.05) is 33.0 Å². The van der Waals surface area contributed by atoms with E-state index in [0.717, 1.165) is 24.8 Å². The summed E-state index contributed by atoms with van der Waals surface area (Å²) in [5, 5.41) is 164. The third-order valence-corrected chi connectivity index (χ3v) is 21.1. The maximum atomic E-state index is 12.2. The lowest BCUT2D eigenvalue weighted by Gasteiger charge is -2.70. The van der Waals surface area contributed by atoms with Gasteiger partial charge in [-0.25, -0.2) is 0 Å². The first-order valence-electron chi connectivity index (χ1n) is 27.7. The van der Waals surface area contributed by atoms with Crippen molar-refractivity contribution >= 4 is 0 Å². The molecule has 7 fully saturated rings. The van der Waals surface area contributed by atoms with Gasteiger partial charge in [-0.3, -0.25) is 0 Å². The van der Waals surface area contributed by atoms with E-state index in [1.807, 2.05) is 6.92 Å². The van der Waals surface area contributed by atoms with Crippen LogP contribution in [-0.2, 0) is 37.9 Å². The van der Waals surface area contributed by atoms with Gasteiger partial charge in [0.1, 0.15) is 91.6 Å². The summed E-state index contributed by atoms with van der Waals surface area (Å²) in [4.78, 5) is 0. The summed E-state index contributed by atoms with van der Waals surface area (Å²) in [5.74, 6) is -0.175. The third-order valence-electron chi connectivity index (χ3n) is 21.1. The van der Waals surface area contributed by atoms with Crippen molar-refractivity contribution in [3.8, 4) is 0 Å². The van der Waals surface area contributed by atoms with Crippen LogP contribution in [0.2, 0.25) is 0 Å². The van der Waals surface area contributed by atoms with Gasteiger partial charge in [-0.15, -0.1) is 0 Å². The van der Waals surface area contributed by atoms with E-state index >= 15 is 0 Å². The monoisotopic (exact) mass is 1100 g/mol. The van der Waals surface area contributed by atoms with Crippen LogP contribution in [0, 0.1) is 44.3 Å². The lowest BCUT2D eigenvalue weighted by atomic mass is 9.35. The van der Waals surface area contributed by atoms with Gasteiger partial charge in [0.15, 0.2) is 25.2 Å². The highest BCUT2D eigenvalue weighted by Gasteiger charge is 2.69. The quantitative estimate of drug-likeness (QED) is 0.0836. The van der Waals surface area contributed by atoms with E-state index in [1.165, 1.54) is 12.5 Å². The fraction of sp³-hybridized carbons (Fsp3) is 0.926. The lowest BCUT2D eigenvalue weighted by molar-refractivity contribution is -0.399. The Morgan fingerprint density at radius 2 is 1.12 bits per heavy atom. The van der Waals surface area contributed by atoms with E-state index < -0.39 is 177 Å². The summed E-state index contributed by atoms with van der Waals surface area (Å²) in [6.07, 6.45) is -26.1. The first-order chi connectivity index (χ1) is 36.1. The molecule has 4 aliphatic heterocycles. The first kappa shape index (κ1) is 60.2. The van der Waals surface area contributed by atoms with Crippen LogP contribution < -0.4 is 0 Å². The molecule has 442 valence electrons. The van der Waals surface area contributed by atoms with Crippen LogP contribution in [0.4, 0.5) is 0 Å². The summed E-state index contributed by atoms with van der Waals surface area (Å²) >= 11 is 0. The van der Waals surface area contributed by atoms with Crippen LogP contribution in [0.25, 0.3) is 0 Å². The van der Waals surface area contributed by atoms with E-state index in [1.54, 1.807) is 0 Å². The molecule has 0 amide bonds. The molecule has 0 aromatic heterocycles. The molecule has 23 nitrogen and oxygen atoms in total. The standard InChI is InChI=1S/C54H88O23/c1-23-33(60)43(76-47-42(69)39(66)36(63)28(74-47)20-70-45-40(67)37(64)34(61)26(18-55)72-45)44(77-46-41(68)38(65)35(62)27(19-56)73-46)48(71-23)75-32-11-12-50(4)29(51(32,5)21-57)10-13-52(6)30(50)9-8-24-25-16-49(2,3)14-15-54(25,22-58)31(59)17-53(24,52)7/h8-9,23,26-48,55-69H,10-22H2,1-7H3. The minimum absolute atomic E-state index is 0.00342. The maximum Gasteiger partial charge on any atom is 0.187 e. The van der Waals surface area contributed by atoms with E-state index in [9.17, 15) is 76.6 Å². The zero-order valence-electron chi connectivity index (χ0n) is 45.2. The summed E-state index contributed by atoms with van der Waals surface area (Å²) < 4.78 is 48.8. The highest BCUT2D eigenvalue weighted by molar-refractivity contribution is 5.47. The maximum absolute atomic E-state index is 12.2. The Hall–Kier alpha value is -1.44. The molecule has 9 rings (SSSR count). The van der Waals surface area contributed by atoms with Crippen molar-refractivity contribution in [3.05, 3.63) is 23.3 Å². The smallest absolute Gasteiger partial charge is 0.187 e. The number of aliphatic hydroxyl groups excluding tert-OH is 15. The van der Waals surface area contributed by atoms with E-state index in [2.05, 4.69) is 46.8 Å². The predicted octanol–water partition coefficient (Wildman–Crippen LogP) is -2.67. The van der Waals surface area contributed by atoms with Gasteiger partial charge < -0.3 is 114 Å². The predicted molar refractivity (Wildman–Crippen MR) is 264 cm³/mol. The molecule has 0 radical (unpaired) electrons. The second kappa shape index (κ2) is 22.0. The largest absolute Gasteiger partial charge is 0.396 e. The zero-order chi connectivity index (χ0) is 56.3. The molecular formula is C54H88O23. The molecule has 3 saturated carbocycles. The van der Waals surface area contributed by atoms with Crippen LogP contribution in [0.15, 0.2) is 23.3 Å². The second-order valence-corrected chi connectivity index (χ2v) is 25.9. The molecule has 29 atom stereocenters. The number of allylic oxidation sites excluding steroid dienone is 3. The molecule has 23 heteroatoms. The van der Waals surface area contributed by atoms with Gasteiger partial charge in [-0.1, -0.05) is 59.3 Å². The van der Waals surface area contributed by atoms with Crippen LogP contribution in [0.5, 0.6) is 0 Å². The third kappa shape index (κ3) is 9.76. The topological polar surface area (TPSA) is 377 Å². The Morgan fingerprint density at radius 3 is 1.70 bits per heavy atom. The summed E-state index contributed by atoms with van der Waals surface area (Å²) in [6.45, 7) is 12.1. The van der Waals surface area contributed by atoms with Crippen LogP contribution in [0.3, 0.4) is 0 Å². The number of aliphatic hydroxyl groups is 15. The lowest BCUT2D eigenvalue weighted by Crippen LogP contribution is -2.68. The van der Waals surface area contributed by atoms with E-state index in [0.29, 0.717) is 32.1 Å². The van der Waals surface area contributed by atoms with Crippen LogP contribution >= 0.6 is 0 Å². The molecule has 0 bridgehead atoms. The number of hydrogen-bond donors (Lipinski definition) is 15. The zero-order valence-corrected chi connectivity index (χ0v) is 45.2. The number of fused-ring (bicyclic) bond motifs is 6. The summed E-state index contributed by atoms with van der Waals surface area (Å²) in [6, 6.07) is 0. The van der Waals surface area contributed by atoms with Gasteiger partial charge in [0.2, 0.25) is 0 Å². The van der Waals surface area contributed by atoms with Gasteiger partial charge in [0, 0.05) is 16.2 Å². The summed E-state index contributed by atoms with van der Waals surface area (Å²) in [5.41, 5.74) is -0.495. The molecule has 4 heterocycles. The van der Waals surface area contributed by atoms with Gasteiger partial charge in [-0.05, 0) is 91.9 Å². The summed E-state index contributed by atoms with van der Waals surface area (Å²) in [7, 11) is 0. The number of ether oxygens (including phenoxy) is 8. The number of hydrogen-bond acceptors (Lipinski definition) is 23. The van der Waals surface area contributed by atoms with Gasteiger partial charge in [0.25, 0.3) is 0 Å². The Morgan fingerprint density at radius 1 is 0.558 bits per heavy atom. The van der Waals surface area contributed by atoms with Gasteiger partial charge in [0.05, 0.1) is 51.3 Å². The van der Waals surface area contributed by atoms with Gasteiger partial charge >= 0.3 is 0 Å². The highest BCUT2D eigenvalue weighted by atomic mass is 16.8. The molecule has 0 aromatic rings. The van der Waals surface area contributed by atoms with Crippen molar-refractivity contribution in [2.45, 2.75) is 235 Å². The Balaban J connectivity index is 1.01. The van der Waals surface area contributed by atoms with Crippen molar-refractivity contribution < 1.29 is 114 Å². The molecule has 5 aliphatic carbocycles.